The van der Waals surface area contributed by atoms with Crippen molar-refractivity contribution in [3.05, 3.63) is 29.8 Å². The number of nitrogens with zero attached hydrogens (tertiary/aromatic N) is 1. The molecule has 1 N–H and O–H groups in total. The van der Waals surface area contributed by atoms with Crippen LogP contribution in [0.5, 0.6) is 5.75 Å². The Morgan fingerprint density at radius 1 is 1.25 bits per heavy atom. The molecule has 0 aromatic heterocycles. The van der Waals surface area contributed by atoms with Crippen LogP contribution in [0.4, 0.5) is 0 Å². The highest BCUT2D eigenvalue weighted by atomic mass is 16.5. The summed E-state index contributed by atoms with van der Waals surface area (Å²) in [5.74, 6) is -0.161. The minimum absolute atomic E-state index is 0.294. The molecule has 4 heteroatoms. The highest BCUT2D eigenvalue weighted by Crippen LogP contribution is 2.52. The monoisotopic (exact) mass is 331 g/mol. The summed E-state index contributed by atoms with van der Waals surface area (Å²) in [6.07, 6.45) is 4.99. The number of benzene rings is 1. The molecule has 2 aliphatic rings. The highest BCUT2D eigenvalue weighted by molar-refractivity contribution is 5.87. The lowest BCUT2D eigenvalue weighted by Crippen LogP contribution is -2.35. The van der Waals surface area contributed by atoms with Crippen molar-refractivity contribution >= 4 is 5.97 Å². The predicted molar refractivity (Wildman–Crippen MR) is 94.6 cm³/mol. The van der Waals surface area contributed by atoms with Gasteiger partial charge in [-0.3, -0.25) is 4.90 Å². The van der Waals surface area contributed by atoms with E-state index in [2.05, 4.69) is 25.7 Å². The third-order valence-electron chi connectivity index (χ3n) is 5.48. The average molecular weight is 331 g/mol. The lowest BCUT2D eigenvalue weighted by Gasteiger charge is -2.40. The molecule has 4 nitrogen and oxygen atoms in total. The Bertz CT molecular complexity index is 595. The molecule has 24 heavy (non-hydrogen) atoms. The van der Waals surface area contributed by atoms with Gasteiger partial charge in [-0.1, -0.05) is 20.8 Å². The van der Waals surface area contributed by atoms with E-state index in [1.165, 1.54) is 25.8 Å². The first-order valence-corrected chi connectivity index (χ1v) is 8.97. The van der Waals surface area contributed by atoms with E-state index in [4.69, 9.17) is 9.84 Å². The summed E-state index contributed by atoms with van der Waals surface area (Å²) in [5, 5.41) is 8.90. The van der Waals surface area contributed by atoms with Crippen LogP contribution < -0.4 is 4.74 Å². The second kappa shape index (κ2) is 6.40. The third kappa shape index (κ3) is 3.92. The van der Waals surface area contributed by atoms with Crippen molar-refractivity contribution in [3.8, 4) is 5.75 Å². The summed E-state index contributed by atoms with van der Waals surface area (Å²) in [6, 6.07) is 7.37. The fourth-order valence-electron chi connectivity index (χ4n) is 4.99. The first-order chi connectivity index (χ1) is 11.3. The summed E-state index contributed by atoms with van der Waals surface area (Å²) < 4.78 is 5.76. The second-order valence-electron chi connectivity index (χ2n) is 8.72. The molecule has 2 bridgehead atoms. The molecular weight excluding hydrogens is 302 g/mol. The first kappa shape index (κ1) is 17.3. The molecule has 2 fully saturated rings. The van der Waals surface area contributed by atoms with Gasteiger partial charge in [-0.15, -0.1) is 0 Å². The zero-order chi connectivity index (χ0) is 17.4. The van der Waals surface area contributed by atoms with Crippen molar-refractivity contribution in [1.29, 1.82) is 0 Å². The van der Waals surface area contributed by atoms with E-state index in [1.807, 2.05) is 0 Å². The van der Waals surface area contributed by atoms with Crippen LogP contribution in [0.2, 0.25) is 0 Å². The summed E-state index contributed by atoms with van der Waals surface area (Å²) >= 11 is 0. The van der Waals surface area contributed by atoms with Crippen molar-refractivity contribution in [2.75, 3.05) is 19.7 Å². The van der Waals surface area contributed by atoms with Crippen molar-refractivity contribution < 1.29 is 14.6 Å². The largest absolute Gasteiger partial charge is 0.494 e. The maximum absolute atomic E-state index is 10.8. The molecule has 1 aliphatic carbocycles. The van der Waals surface area contributed by atoms with Gasteiger partial charge in [0.05, 0.1) is 12.2 Å². The van der Waals surface area contributed by atoms with Gasteiger partial charge in [0.2, 0.25) is 0 Å². The van der Waals surface area contributed by atoms with Gasteiger partial charge in [-0.05, 0) is 60.8 Å². The quantitative estimate of drug-likeness (QED) is 0.799. The Kier molecular flexibility index (Phi) is 4.60. The van der Waals surface area contributed by atoms with Gasteiger partial charge >= 0.3 is 5.97 Å². The van der Waals surface area contributed by atoms with Crippen molar-refractivity contribution in [3.63, 3.8) is 0 Å². The Morgan fingerprint density at radius 3 is 2.62 bits per heavy atom. The van der Waals surface area contributed by atoms with Gasteiger partial charge in [0, 0.05) is 19.1 Å². The molecule has 1 heterocycles. The van der Waals surface area contributed by atoms with Gasteiger partial charge in [-0.2, -0.15) is 0 Å². The number of aromatic carboxylic acids is 1. The van der Waals surface area contributed by atoms with Crippen LogP contribution in [0.1, 0.15) is 56.8 Å². The molecule has 3 rings (SSSR count). The van der Waals surface area contributed by atoms with E-state index in [0.717, 1.165) is 24.8 Å². The zero-order valence-corrected chi connectivity index (χ0v) is 15.0. The molecule has 1 aliphatic heterocycles. The Hall–Kier alpha value is -1.55. The maximum atomic E-state index is 10.8. The highest BCUT2D eigenvalue weighted by Gasteiger charge is 2.49. The fourth-order valence-corrected chi connectivity index (χ4v) is 4.99. The second-order valence-corrected chi connectivity index (χ2v) is 8.72. The van der Waals surface area contributed by atoms with Gasteiger partial charge in [-0.25, -0.2) is 4.79 Å². The molecule has 1 saturated heterocycles. The van der Waals surface area contributed by atoms with Crippen molar-refractivity contribution in [2.24, 2.45) is 10.8 Å². The van der Waals surface area contributed by atoms with Crippen molar-refractivity contribution in [1.82, 2.24) is 4.90 Å². The molecule has 1 aromatic rings. The fraction of sp³-hybridized carbons (Fsp3) is 0.650. The number of rotatable bonds is 6. The standard InChI is InChI=1S/C20H29NO3/c1-19(2)11-16-12-20(3,13-19)14-21(16)9-4-10-24-17-7-5-15(6-8-17)18(22)23/h5-8,16H,4,9-14H2,1-3H3,(H,22,23). The number of carboxylic acids is 1. The maximum Gasteiger partial charge on any atom is 0.335 e. The normalized spacial score (nSPS) is 28.7. The minimum atomic E-state index is -0.905. The minimum Gasteiger partial charge on any atom is -0.494 e. The lowest BCUT2D eigenvalue weighted by molar-refractivity contribution is 0.0697. The van der Waals surface area contributed by atoms with Gasteiger partial charge < -0.3 is 9.84 Å². The number of likely N-dealkylation sites (tertiary alicyclic amines) is 1. The number of carboxylic acid groups (broad SMARTS) is 1. The van der Waals surface area contributed by atoms with Crippen LogP contribution in [0.3, 0.4) is 0 Å². The third-order valence-corrected chi connectivity index (χ3v) is 5.48. The van der Waals surface area contributed by atoms with E-state index >= 15 is 0 Å². The summed E-state index contributed by atoms with van der Waals surface area (Å²) in [5.41, 5.74) is 1.25. The predicted octanol–water partition coefficient (Wildman–Crippen LogP) is 4.05. The number of ether oxygens (including phenoxy) is 1. The molecule has 0 amide bonds. The topological polar surface area (TPSA) is 49.8 Å². The van der Waals surface area contributed by atoms with Crippen LogP contribution in [-0.2, 0) is 0 Å². The molecule has 2 atom stereocenters. The summed E-state index contributed by atoms with van der Waals surface area (Å²) in [7, 11) is 0. The summed E-state index contributed by atoms with van der Waals surface area (Å²) in [6.45, 7) is 10.2. The van der Waals surface area contributed by atoms with Crippen LogP contribution >= 0.6 is 0 Å². The Labute approximate surface area is 144 Å². The molecule has 1 saturated carbocycles. The van der Waals surface area contributed by atoms with E-state index < -0.39 is 5.97 Å². The zero-order valence-electron chi connectivity index (χ0n) is 15.0. The average Bonchev–Trinajstić information content (AvgIpc) is 2.72. The van der Waals surface area contributed by atoms with E-state index in [0.29, 0.717) is 23.0 Å². The van der Waals surface area contributed by atoms with Crippen LogP contribution in [0.15, 0.2) is 24.3 Å². The number of fused-ring (bicyclic) bond motifs is 2. The molecule has 2 unspecified atom stereocenters. The van der Waals surface area contributed by atoms with Gasteiger partial charge in [0.15, 0.2) is 0 Å². The molecule has 132 valence electrons. The SMILES string of the molecule is CC1(C)CC2CC(C)(CN2CCCOc2ccc(C(=O)O)cc2)C1. The van der Waals surface area contributed by atoms with Gasteiger partial charge in [0.25, 0.3) is 0 Å². The first-order valence-electron chi connectivity index (χ1n) is 8.97. The molecule has 1 aromatic carbocycles. The smallest absolute Gasteiger partial charge is 0.335 e. The Morgan fingerprint density at radius 2 is 1.96 bits per heavy atom. The van der Waals surface area contributed by atoms with Crippen LogP contribution in [-0.4, -0.2) is 41.7 Å². The molecular formula is C20H29NO3. The molecule has 0 radical (unpaired) electrons. The van der Waals surface area contributed by atoms with Gasteiger partial charge in [0.1, 0.15) is 5.75 Å². The van der Waals surface area contributed by atoms with Crippen LogP contribution in [0, 0.1) is 10.8 Å². The van der Waals surface area contributed by atoms with Crippen molar-refractivity contribution in [2.45, 2.75) is 52.5 Å². The van der Waals surface area contributed by atoms with E-state index in [1.54, 1.807) is 24.3 Å². The lowest BCUT2D eigenvalue weighted by atomic mass is 9.65. The van der Waals surface area contributed by atoms with E-state index in [-0.39, 0.29) is 0 Å². The Balaban J connectivity index is 1.45. The number of hydrogen-bond acceptors (Lipinski definition) is 3. The molecule has 0 spiro atoms. The van der Waals surface area contributed by atoms with Crippen LogP contribution in [0.25, 0.3) is 0 Å². The number of carbonyl (C=O) groups is 1. The van der Waals surface area contributed by atoms with E-state index in [9.17, 15) is 4.79 Å². The summed E-state index contributed by atoms with van der Waals surface area (Å²) in [4.78, 5) is 13.5. The number of hydrogen-bond donors (Lipinski definition) is 1.